The quantitative estimate of drug-likeness (QED) is 0.675. The summed E-state index contributed by atoms with van der Waals surface area (Å²) in [6.07, 6.45) is 5.61. The lowest BCUT2D eigenvalue weighted by atomic mass is 9.83. The van der Waals surface area contributed by atoms with Gasteiger partial charge in [0, 0.05) is 6.07 Å². The second-order valence-electron chi connectivity index (χ2n) is 5.92. The lowest BCUT2D eigenvalue weighted by Crippen LogP contribution is -2.04. The Bertz CT molecular complexity index is 722. The molecule has 2 aromatic carbocycles. The van der Waals surface area contributed by atoms with E-state index < -0.39 is 0 Å². The molecule has 1 fully saturated rings. The van der Waals surface area contributed by atoms with E-state index in [-0.39, 0.29) is 17.2 Å². The van der Waals surface area contributed by atoms with Crippen molar-refractivity contribution in [3.63, 3.8) is 0 Å². The van der Waals surface area contributed by atoms with E-state index in [0.717, 1.165) is 31.2 Å². The first-order chi connectivity index (χ1) is 11.1. The molecule has 0 unspecified atom stereocenters. The maximum absolute atomic E-state index is 10.1. The van der Waals surface area contributed by atoms with Crippen LogP contribution in [0.4, 0.5) is 11.4 Å². The summed E-state index contributed by atoms with van der Waals surface area (Å²) in [5.74, 6) is 0.308. The Morgan fingerprint density at radius 1 is 0.739 bits per heavy atom. The van der Waals surface area contributed by atoms with Crippen molar-refractivity contribution in [3.8, 4) is 17.2 Å². The molecule has 1 aliphatic rings. The second kappa shape index (κ2) is 6.69. The first kappa shape index (κ1) is 15.3. The topological polar surface area (TPSA) is 85.4 Å². The van der Waals surface area contributed by atoms with E-state index in [1.165, 1.54) is 18.6 Å². The van der Waals surface area contributed by atoms with Gasteiger partial charge in [-0.05, 0) is 42.5 Å². The lowest BCUT2D eigenvalue weighted by Gasteiger charge is -2.23. The minimum absolute atomic E-state index is 0.0297. The molecule has 0 saturated heterocycles. The third-order valence-electron chi connectivity index (χ3n) is 4.32. The molecule has 2 aromatic rings. The number of rotatable bonds is 3. The summed E-state index contributed by atoms with van der Waals surface area (Å²) in [6, 6.07) is 9.63. The molecule has 3 N–H and O–H groups in total. The zero-order valence-corrected chi connectivity index (χ0v) is 12.8. The minimum Gasteiger partial charge on any atom is -0.508 e. The van der Waals surface area contributed by atoms with Crippen LogP contribution in [-0.2, 0) is 0 Å². The van der Waals surface area contributed by atoms with Crippen molar-refractivity contribution >= 4 is 11.4 Å². The molecule has 23 heavy (non-hydrogen) atoms. The molecule has 0 amide bonds. The van der Waals surface area contributed by atoms with E-state index in [0.29, 0.717) is 17.3 Å². The average molecular weight is 312 g/mol. The first-order valence-electron chi connectivity index (χ1n) is 7.91. The third kappa shape index (κ3) is 3.44. The van der Waals surface area contributed by atoms with Crippen LogP contribution in [0.2, 0.25) is 0 Å². The number of phenolic OH excluding ortho intramolecular Hbond substituents is 3. The van der Waals surface area contributed by atoms with Crippen LogP contribution in [0, 0.1) is 0 Å². The van der Waals surface area contributed by atoms with Crippen molar-refractivity contribution in [2.45, 2.75) is 38.0 Å². The molecule has 5 heteroatoms. The summed E-state index contributed by atoms with van der Waals surface area (Å²) in [7, 11) is 0. The van der Waals surface area contributed by atoms with Crippen molar-refractivity contribution in [1.82, 2.24) is 0 Å². The molecule has 0 radical (unpaired) electrons. The number of hydrogen-bond donors (Lipinski definition) is 3. The molecule has 5 nitrogen and oxygen atoms in total. The van der Waals surface area contributed by atoms with Gasteiger partial charge in [-0.25, -0.2) is 0 Å². The Labute approximate surface area is 135 Å². The number of hydrogen-bond acceptors (Lipinski definition) is 5. The van der Waals surface area contributed by atoms with Crippen LogP contribution in [0.15, 0.2) is 46.6 Å². The molecular formula is C18H20N2O3. The summed E-state index contributed by atoms with van der Waals surface area (Å²) >= 11 is 0. The molecule has 3 rings (SSSR count). The van der Waals surface area contributed by atoms with Gasteiger partial charge >= 0.3 is 0 Å². The fourth-order valence-corrected chi connectivity index (χ4v) is 3.06. The van der Waals surface area contributed by atoms with Crippen molar-refractivity contribution < 1.29 is 15.3 Å². The molecule has 0 aliphatic heterocycles. The molecule has 0 aromatic heterocycles. The number of benzene rings is 2. The number of aromatic hydroxyl groups is 3. The van der Waals surface area contributed by atoms with Gasteiger partial charge in [-0.3, -0.25) is 0 Å². The maximum Gasteiger partial charge on any atom is 0.146 e. The van der Waals surface area contributed by atoms with E-state index in [2.05, 4.69) is 10.2 Å². The summed E-state index contributed by atoms with van der Waals surface area (Å²) in [5, 5.41) is 37.8. The van der Waals surface area contributed by atoms with Gasteiger partial charge in [0.2, 0.25) is 0 Å². The van der Waals surface area contributed by atoms with E-state index in [1.54, 1.807) is 24.3 Å². The highest BCUT2D eigenvalue weighted by atomic mass is 16.3. The van der Waals surface area contributed by atoms with Crippen LogP contribution < -0.4 is 0 Å². The fourth-order valence-electron chi connectivity index (χ4n) is 3.06. The maximum atomic E-state index is 10.1. The van der Waals surface area contributed by atoms with Crippen molar-refractivity contribution in [1.29, 1.82) is 0 Å². The smallest absolute Gasteiger partial charge is 0.146 e. The Morgan fingerprint density at radius 2 is 1.43 bits per heavy atom. The monoisotopic (exact) mass is 312 g/mol. The summed E-state index contributed by atoms with van der Waals surface area (Å²) < 4.78 is 0. The van der Waals surface area contributed by atoms with Crippen molar-refractivity contribution in [2.24, 2.45) is 10.2 Å². The number of para-hydroxylation sites is 1. The van der Waals surface area contributed by atoms with Gasteiger partial charge in [0.1, 0.15) is 28.6 Å². The van der Waals surface area contributed by atoms with Crippen LogP contribution in [0.5, 0.6) is 17.2 Å². The van der Waals surface area contributed by atoms with Gasteiger partial charge in [0.15, 0.2) is 0 Å². The Kier molecular flexibility index (Phi) is 4.46. The standard InChI is InChI=1S/C18H20N2O3/c21-16-9-5-4-8-14(16)19-20-15-10-13(17(22)11-18(15)23)12-6-2-1-3-7-12/h4-5,8-12,21-23H,1-3,6-7H2. The lowest BCUT2D eigenvalue weighted by molar-refractivity contribution is 0.409. The predicted molar refractivity (Wildman–Crippen MR) is 87.9 cm³/mol. The van der Waals surface area contributed by atoms with Crippen molar-refractivity contribution in [3.05, 3.63) is 42.0 Å². The van der Waals surface area contributed by atoms with Crippen LogP contribution in [0.1, 0.15) is 43.6 Å². The van der Waals surface area contributed by atoms with Gasteiger partial charge in [0.25, 0.3) is 0 Å². The van der Waals surface area contributed by atoms with E-state index in [4.69, 9.17) is 0 Å². The van der Waals surface area contributed by atoms with Crippen LogP contribution >= 0.6 is 0 Å². The molecular weight excluding hydrogens is 292 g/mol. The van der Waals surface area contributed by atoms with E-state index >= 15 is 0 Å². The Morgan fingerprint density at radius 3 is 2.17 bits per heavy atom. The SMILES string of the molecule is Oc1ccccc1N=Nc1cc(C2CCCCC2)c(O)cc1O. The molecule has 0 bridgehead atoms. The highest BCUT2D eigenvalue weighted by Gasteiger charge is 2.20. The summed E-state index contributed by atoms with van der Waals surface area (Å²) in [6.45, 7) is 0. The largest absolute Gasteiger partial charge is 0.508 e. The van der Waals surface area contributed by atoms with Crippen LogP contribution in [0.25, 0.3) is 0 Å². The molecule has 0 spiro atoms. The number of azo groups is 1. The Balaban J connectivity index is 1.91. The molecule has 0 atom stereocenters. The van der Waals surface area contributed by atoms with Gasteiger partial charge in [-0.1, -0.05) is 31.4 Å². The highest BCUT2D eigenvalue weighted by Crippen LogP contribution is 2.42. The minimum atomic E-state index is -0.124. The highest BCUT2D eigenvalue weighted by molar-refractivity contribution is 5.59. The van der Waals surface area contributed by atoms with Gasteiger partial charge in [-0.15, -0.1) is 10.2 Å². The normalized spacial score (nSPS) is 16.0. The second-order valence-corrected chi connectivity index (χ2v) is 5.92. The number of nitrogens with zero attached hydrogens (tertiary/aromatic N) is 2. The van der Waals surface area contributed by atoms with Gasteiger partial charge < -0.3 is 15.3 Å². The zero-order valence-electron chi connectivity index (χ0n) is 12.8. The van der Waals surface area contributed by atoms with Gasteiger partial charge in [0.05, 0.1) is 0 Å². The third-order valence-corrected chi connectivity index (χ3v) is 4.32. The Hall–Kier alpha value is -2.56. The summed E-state index contributed by atoms with van der Waals surface area (Å²) in [4.78, 5) is 0. The van der Waals surface area contributed by atoms with E-state index in [9.17, 15) is 15.3 Å². The van der Waals surface area contributed by atoms with Gasteiger partial charge in [-0.2, -0.15) is 0 Å². The van der Waals surface area contributed by atoms with E-state index in [1.807, 2.05) is 0 Å². The van der Waals surface area contributed by atoms with Crippen molar-refractivity contribution in [2.75, 3.05) is 0 Å². The summed E-state index contributed by atoms with van der Waals surface area (Å²) in [5.41, 5.74) is 1.44. The molecule has 1 saturated carbocycles. The fraction of sp³-hybridized carbons (Fsp3) is 0.333. The molecule has 1 aliphatic carbocycles. The first-order valence-corrected chi connectivity index (χ1v) is 7.91. The van der Waals surface area contributed by atoms with Crippen LogP contribution in [-0.4, -0.2) is 15.3 Å². The molecule has 120 valence electrons. The molecule has 0 heterocycles. The predicted octanol–water partition coefficient (Wildman–Crippen LogP) is 5.27. The number of phenols is 3. The average Bonchev–Trinajstić information content (AvgIpc) is 2.56. The van der Waals surface area contributed by atoms with Crippen LogP contribution in [0.3, 0.4) is 0 Å². The zero-order chi connectivity index (χ0) is 16.2.